The maximum atomic E-state index is 12.3. The molecule has 1 aromatic heterocycles. The summed E-state index contributed by atoms with van der Waals surface area (Å²) in [5.74, 6) is -0.447. The van der Waals surface area contributed by atoms with Gasteiger partial charge >= 0.3 is 6.18 Å². The molecule has 0 saturated heterocycles. The summed E-state index contributed by atoms with van der Waals surface area (Å²) in [5, 5.41) is 2.58. The van der Waals surface area contributed by atoms with Crippen LogP contribution < -0.4 is 5.32 Å². The van der Waals surface area contributed by atoms with E-state index in [-0.39, 0.29) is 5.56 Å². The molecular weight excluding hydrogens is 261 g/mol. The molecule has 0 radical (unpaired) electrons. The average molecular weight is 276 g/mol. The number of halogens is 3. The lowest BCUT2D eigenvalue weighted by Crippen LogP contribution is -2.25. The Labute approximate surface area is 109 Å². The lowest BCUT2D eigenvalue weighted by Gasteiger charge is -2.07. The van der Waals surface area contributed by atoms with E-state index in [9.17, 15) is 18.0 Å². The van der Waals surface area contributed by atoms with E-state index in [4.69, 9.17) is 4.74 Å². The summed E-state index contributed by atoms with van der Waals surface area (Å²) >= 11 is 0. The molecule has 1 N–H and O–H groups in total. The van der Waals surface area contributed by atoms with Crippen LogP contribution in [0.5, 0.6) is 0 Å². The standard InChI is InChI=1S/C12H15F3N2O2/c1-2-19-7-3-6-16-11(18)9-4-5-10(17-8-9)12(13,14)15/h4-5,8H,2-3,6-7H2,1H3,(H,16,18). The fourth-order valence-corrected chi connectivity index (χ4v) is 1.32. The molecule has 19 heavy (non-hydrogen) atoms. The Morgan fingerprint density at radius 2 is 2.16 bits per heavy atom. The third-order valence-corrected chi connectivity index (χ3v) is 2.27. The van der Waals surface area contributed by atoms with E-state index in [0.717, 1.165) is 18.3 Å². The summed E-state index contributed by atoms with van der Waals surface area (Å²) in [5.41, 5.74) is -0.912. The minimum Gasteiger partial charge on any atom is -0.382 e. The Morgan fingerprint density at radius 3 is 2.68 bits per heavy atom. The molecule has 1 amide bonds. The Balaban J connectivity index is 2.45. The normalized spacial score (nSPS) is 11.4. The zero-order valence-corrected chi connectivity index (χ0v) is 10.5. The first kappa shape index (κ1) is 15.4. The van der Waals surface area contributed by atoms with Gasteiger partial charge in [0.1, 0.15) is 5.69 Å². The van der Waals surface area contributed by atoms with Gasteiger partial charge in [-0.3, -0.25) is 9.78 Å². The van der Waals surface area contributed by atoms with Gasteiger partial charge in [-0.15, -0.1) is 0 Å². The van der Waals surface area contributed by atoms with E-state index in [1.807, 2.05) is 6.92 Å². The molecule has 0 fully saturated rings. The molecule has 0 bridgehead atoms. The van der Waals surface area contributed by atoms with Gasteiger partial charge in [0, 0.05) is 26.0 Å². The molecule has 0 unspecified atom stereocenters. The highest BCUT2D eigenvalue weighted by Crippen LogP contribution is 2.27. The van der Waals surface area contributed by atoms with Crippen LogP contribution in [0.25, 0.3) is 0 Å². The summed E-state index contributed by atoms with van der Waals surface area (Å²) in [7, 11) is 0. The van der Waals surface area contributed by atoms with Crippen molar-refractivity contribution in [2.45, 2.75) is 19.5 Å². The van der Waals surface area contributed by atoms with Crippen LogP contribution >= 0.6 is 0 Å². The van der Waals surface area contributed by atoms with Gasteiger partial charge in [0.15, 0.2) is 0 Å². The number of aromatic nitrogens is 1. The highest BCUT2D eigenvalue weighted by atomic mass is 19.4. The fraction of sp³-hybridized carbons (Fsp3) is 0.500. The molecule has 0 aliphatic heterocycles. The van der Waals surface area contributed by atoms with Crippen LogP contribution in [0.15, 0.2) is 18.3 Å². The van der Waals surface area contributed by atoms with Gasteiger partial charge in [-0.2, -0.15) is 13.2 Å². The summed E-state index contributed by atoms with van der Waals surface area (Å²) < 4.78 is 41.9. The van der Waals surface area contributed by atoms with Gasteiger partial charge in [-0.25, -0.2) is 0 Å². The monoisotopic (exact) mass is 276 g/mol. The van der Waals surface area contributed by atoms with Gasteiger partial charge in [0.25, 0.3) is 5.91 Å². The molecule has 0 saturated carbocycles. The zero-order chi connectivity index (χ0) is 14.3. The van der Waals surface area contributed by atoms with Crippen molar-refractivity contribution in [3.05, 3.63) is 29.6 Å². The number of nitrogens with zero attached hydrogens (tertiary/aromatic N) is 1. The van der Waals surface area contributed by atoms with Crippen LogP contribution in [0, 0.1) is 0 Å². The molecule has 0 spiro atoms. The molecule has 7 heteroatoms. The highest BCUT2D eigenvalue weighted by Gasteiger charge is 2.32. The van der Waals surface area contributed by atoms with Crippen LogP contribution in [0.3, 0.4) is 0 Å². The van der Waals surface area contributed by atoms with E-state index in [1.165, 1.54) is 0 Å². The van der Waals surface area contributed by atoms with Crippen LogP contribution in [-0.2, 0) is 10.9 Å². The molecule has 4 nitrogen and oxygen atoms in total. The van der Waals surface area contributed by atoms with E-state index in [2.05, 4.69) is 10.3 Å². The number of amides is 1. The van der Waals surface area contributed by atoms with E-state index < -0.39 is 17.8 Å². The maximum Gasteiger partial charge on any atom is 0.433 e. The number of hydrogen-bond acceptors (Lipinski definition) is 3. The van der Waals surface area contributed by atoms with E-state index >= 15 is 0 Å². The first-order valence-corrected chi connectivity index (χ1v) is 5.84. The largest absolute Gasteiger partial charge is 0.433 e. The fourth-order valence-electron chi connectivity index (χ4n) is 1.32. The van der Waals surface area contributed by atoms with Gasteiger partial charge in [-0.05, 0) is 25.5 Å². The molecule has 1 aromatic rings. The summed E-state index contributed by atoms with van der Waals surface area (Å²) in [6, 6.07) is 1.89. The topological polar surface area (TPSA) is 51.2 Å². The van der Waals surface area contributed by atoms with Crippen molar-refractivity contribution >= 4 is 5.91 Å². The van der Waals surface area contributed by atoms with Gasteiger partial charge < -0.3 is 10.1 Å². The van der Waals surface area contributed by atoms with Crippen molar-refractivity contribution < 1.29 is 22.7 Å². The average Bonchev–Trinajstić information content (AvgIpc) is 2.37. The van der Waals surface area contributed by atoms with Crippen molar-refractivity contribution in [3.63, 3.8) is 0 Å². The second-order valence-corrected chi connectivity index (χ2v) is 3.74. The quantitative estimate of drug-likeness (QED) is 0.811. The minimum atomic E-state index is -4.49. The number of hydrogen-bond donors (Lipinski definition) is 1. The second-order valence-electron chi connectivity index (χ2n) is 3.74. The Kier molecular flexibility index (Phi) is 5.75. The highest BCUT2D eigenvalue weighted by molar-refractivity contribution is 5.93. The van der Waals surface area contributed by atoms with Crippen LogP contribution in [0.4, 0.5) is 13.2 Å². The van der Waals surface area contributed by atoms with Gasteiger partial charge in [-0.1, -0.05) is 0 Å². The number of pyridine rings is 1. The van der Waals surface area contributed by atoms with E-state index in [1.54, 1.807) is 0 Å². The summed E-state index contributed by atoms with van der Waals surface area (Å²) in [4.78, 5) is 14.8. The summed E-state index contributed by atoms with van der Waals surface area (Å²) in [6.45, 7) is 3.41. The Bertz CT molecular complexity index is 404. The maximum absolute atomic E-state index is 12.3. The first-order valence-electron chi connectivity index (χ1n) is 5.84. The van der Waals surface area contributed by atoms with Crippen molar-refractivity contribution in [1.82, 2.24) is 10.3 Å². The molecule has 0 atom stereocenters. The summed E-state index contributed by atoms with van der Waals surface area (Å²) in [6.07, 6.45) is -2.93. The SMILES string of the molecule is CCOCCCNC(=O)c1ccc(C(F)(F)F)nc1. The predicted molar refractivity (Wildman–Crippen MR) is 62.7 cm³/mol. The Hall–Kier alpha value is -1.63. The van der Waals surface area contributed by atoms with Crippen molar-refractivity contribution in [2.24, 2.45) is 0 Å². The molecule has 0 aromatic carbocycles. The predicted octanol–water partition coefficient (Wildman–Crippen LogP) is 2.26. The third-order valence-electron chi connectivity index (χ3n) is 2.27. The van der Waals surface area contributed by atoms with Crippen LogP contribution in [0.1, 0.15) is 29.4 Å². The minimum absolute atomic E-state index is 0.101. The number of alkyl halides is 3. The van der Waals surface area contributed by atoms with Crippen molar-refractivity contribution in [2.75, 3.05) is 19.8 Å². The molecule has 0 aliphatic carbocycles. The molecule has 106 valence electrons. The lowest BCUT2D eigenvalue weighted by atomic mass is 10.2. The number of nitrogens with one attached hydrogen (secondary N) is 1. The van der Waals surface area contributed by atoms with Gasteiger partial charge in [0.2, 0.25) is 0 Å². The number of carbonyl (C=O) groups is 1. The zero-order valence-electron chi connectivity index (χ0n) is 10.5. The first-order chi connectivity index (χ1) is 8.95. The third kappa shape index (κ3) is 5.25. The van der Waals surface area contributed by atoms with Crippen molar-refractivity contribution in [3.8, 4) is 0 Å². The number of ether oxygens (including phenoxy) is 1. The van der Waals surface area contributed by atoms with E-state index in [0.29, 0.717) is 26.2 Å². The molecule has 1 heterocycles. The van der Waals surface area contributed by atoms with Crippen LogP contribution in [0.2, 0.25) is 0 Å². The number of rotatable bonds is 6. The van der Waals surface area contributed by atoms with Crippen molar-refractivity contribution in [1.29, 1.82) is 0 Å². The number of carbonyl (C=O) groups excluding carboxylic acids is 1. The van der Waals surface area contributed by atoms with Crippen LogP contribution in [-0.4, -0.2) is 30.6 Å². The lowest BCUT2D eigenvalue weighted by molar-refractivity contribution is -0.141. The smallest absolute Gasteiger partial charge is 0.382 e. The molecular formula is C12H15F3N2O2. The molecule has 0 aliphatic rings. The molecule has 1 rings (SSSR count). The van der Waals surface area contributed by atoms with Gasteiger partial charge in [0.05, 0.1) is 5.56 Å². The Morgan fingerprint density at radius 1 is 1.42 bits per heavy atom. The second kappa shape index (κ2) is 7.08.